The lowest BCUT2D eigenvalue weighted by Gasteiger charge is -2.05. The minimum Gasteiger partial charge on any atom is -0.444 e. The van der Waals surface area contributed by atoms with Crippen molar-refractivity contribution < 1.29 is 14.3 Å². The third kappa shape index (κ3) is 1.54. The lowest BCUT2D eigenvalue weighted by molar-refractivity contribution is -0.131. The van der Waals surface area contributed by atoms with E-state index in [0.717, 1.165) is 0 Å². The van der Waals surface area contributed by atoms with Crippen molar-refractivity contribution in [1.29, 1.82) is 0 Å². The molecule has 1 aliphatic heterocycles. The van der Waals surface area contributed by atoms with Gasteiger partial charge in [0.25, 0.3) is 0 Å². The van der Waals surface area contributed by atoms with Crippen molar-refractivity contribution >= 4 is 21.7 Å². The number of rotatable bonds is 2. The van der Waals surface area contributed by atoms with Gasteiger partial charge in [-0.3, -0.25) is 4.79 Å². The average molecular weight is 243 g/mol. The topological polar surface area (TPSA) is 35.5 Å². The zero-order valence-corrected chi connectivity index (χ0v) is 8.28. The predicted octanol–water partition coefficient (Wildman–Crippen LogP) is 1.75. The summed E-state index contributed by atoms with van der Waals surface area (Å²) in [6.07, 6.45) is -0.781. The van der Waals surface area contributed by atoms with E-state index in [4.69, 9.17) is 9.47 Å². The molecule has 0 aliphatic carbocycles. The zero-order valence-electron chi connectivity index (χ0n) is 6.70. The number of carbonyl (C=O) groups excluding carboxylic acids is 1. The Balaban J connectivity index is 2.18. The maximum absolute atomic E-state index is 11.2. The van der Waals surface area contributed by atoms with Crippen LogP contribution in [-0.2, 0) is 4.79 Å². The molecular formula is C9H7BrO3. The molecule has 0 saturated heterocycles. The van der Waals surface area contributed by atoms with Gasteiger partial charge in [0.05, 0.1) is 5.33 Å². The molecule has 3 nitrogen and oxygen atoms in total. The van der Waals surface area contributed by atoms with Gasteiger partial charge in [0.1, 0.15) is 0 Å². The lowest BCUT2D eigenvalue weighted by atomic mass is 10.3. The molecule has 13 heavy (non-hydrogen) atoms. The first-order valence-electron chi connectivity index (χ1n) is 3.82. The molecule has 0 saturated carbocycles. The maximum Gasteiger partial charge on any atom is 0.301 e. The number of carbonyl (C=O) groups is 1. The summed E-state index contributed by atoms with van der Waals surface area (Å²) in [5.74, 6) is 1.14. The summed E-state index contributed by atoms with van der Waals surface area (Å²) in [5, 5.41) is 0.242. The first kappa shape index (κ1) is 8.56. The van der Waals surface area contributed by atoms with E-state index >= 15 is 0 Å². The van der Waals surface area contributed by atoms with E-state index in [1.165, 1.54) is 0 Å². The molecule has 0 fully saturated rings. The molecule has 0 amide bonds. The summed E-state index contributed by atoms with van der Waals surface area (Å²) in [5.41, 5.74) is 0. The number of alkyl halides is 1. The van der Waals surface area contributed by atoms with Crippen molar-refractivity contribution in [3.05, 3.63) is 24.3 Å². The summed E-state index contributed by atoms with van der Waals surface area (Å²) in [7, 11) is 0. The van der Waals surface area contributed by atoms with Crippen LogP contribution in [0.15, 0.2) is 24.3 Å². The molecular weight excluding hydrogens is 236 g/mol. The molecule has 2 rings (SSSR count). The fourth-order valence-electron chi connectivity index (χ4n) is 1.09. The standard InChI is InChI=1S/C9H7BrO3/c10-5-6(11)9-12-7-3-1-2-4-8(7)13-9/h1-4,9H,5H2. The third-order valence-corrected chi connectivity index (χ3v) is 2.26. The zero-order chi connectivity index (χ0) is 9.26. The molecule has 0 spiro atoms. The van der Waals surface area contributed by atoms with Crippen LogP contribution in [0.3, 0.4) is 0 Å². The van der Waals surface area contributed by atoms with Gasteiger partial charge in [0.2, 0.25) is 5.78 Å². The second-order valence-electron chi connectivity index (χ2n) is 2.61. The molecule has 4 heteroatoms. The van der Waals surface area contributed by atoms with Gasteiger partial charge in [0, 0.05) is 0 Å². The number of fused-ring (bicyclic) bond motifs is 1. The van der Waals surface area contributed by atoms with Crippen molar-refractivity contribution in [3.63, 3.8) is 0 Å². The Labute approximate surface area is 83.8 Å². The van der Waals surface area contributed by atoms with E-state index in [9.17, 15) is 4.79 Å². The largest absolute Gasteiger partial charge is 0.444 e. The Hall–Kier alpha value is -1.03. The highest BCUT2D eigenvalue weighted by Gasteiger charge is 2.29. The van der Waals surface area contributed by atoms with E-state index < -0.39 is 6.29 Å². The Kier molecular flexibility index (Phi) is 2.22. The second-order valence-corrected chi connectivity index (χ2v) is 3.18. The molecule has 68 valence electrons. The van der Waals surface area contributed by atoms with Crippen LogP contribution in [0.1, 0.15) is 0 Å². The van der Waals surface area contributed by atoms with Gasteiger partial charge in [-0.2, -0.15) is 0 Å². The molecule has 0 radical (unpaired) electrons. The van der Waals surface area contributed by atoms with Gasteiger partial charge in [-0.1, -0.05) is 28.1 Å². The SMILES string of the molecule is O=C(CBr)C1Oc2ccccc2O1. The Morgan fingerprint density at radius 1 is 1.31 bits per heavy atom. The number of Topliss-reactive ketones (excluding diaryl/α,β-unsaturated/α-hetero) is 1. The van der Waals surface area contributed by atoms with E-state index in [0.29, 0.717) is 11.5 Å². The minimum absolute atomic E-state index is 0.115. The number of ketones is 1. The normalized spacial score (nSPS) is 14.5. The van der Waals surface area contributed by atoms with Crippen molar-refractivity contribution in [3.8, 4) is 11.5 Å². The van der Waals surface area contributed by atoms with Crippen LogP contribution in [0.5, 0.6) is 11.5 Å². The fraction of sp³-hybridized carbons (Fsp3) is 0.222. The molecule has 1 aromatic carbocycles. The van der Waals surface area contributed by atoms with Gasteiger partial charge in [-0.05, 0) is 12.1 Å². The summed E-state index contributed by atoms with van der Waals surface area (Å²) < 4.78 is 10.5. The van der Waals surface area contributed by atoms with E-state index in [1.54, 1.807) is 12.1 Å². The van der Waals surface area contributed by atoms with Crippen molar-refractivity contribution in [1.82, 2.24) is 0 Å². The quantitative estimate of drug-likeness (QED) is 0.742. The molecule has 0 bridgehead atoms. The van der Waals surface area contributed by atoms with Crippen LogP contribution in [0.25, 0.3) is 0 Å². The van der Waals surface area contributed by atoms with Gasteiger partial charge in [-0.15, -0.1) is 0 Å². The number of para-hydroxylation sites is 2. The monoisotopic (exact) mass is 242 g/mol. The highest BCUT2D eigenvalue weighted by molar-refractivity contribution is 9.09. The van der Waals surface area contributed by atoms with Crippen molar-refractivity contribution in [2.75, 3.05) is 5.33 Å². The lowest BCUT2D eigenvalue weighted by Crippen LogP contribution is -2.29. The van der Waals surface area contributed by atoms with Gasteiger partial charge in [0.15, 0.2) is 11.5 Å². The Morgan fingerprint density at radius 2 is 1.85 bits per heavy atom. The molecule has 0 unspecified atom stereocenters. The predicted molar refractivity (Wildman–Crippen MR) is 50.3 cm³/mol. The Bertz CT molecular complexity index is 312. The first-order chi connectivity index (χ1) is 6.31. The van der Waals surface area contributed by atoms with E-state index in [1.807, 2.05) is 12.1 Å². The minimum atomic E-state index is -0.781. The number of ether oxygens (including phenoxy) is 2. The Morgan fingerprint density at radius 3 is 2.31 bits per heavy atom. The summed E-state index contributed by atoms with van der Waals surface area (Å²) >= 11 is 3.06. The highest BCUT2D eigenvalue weighted by atomic mass is 79.9. The number of benzene rings is 1. The van der Waals surface area contributed by atoms with Gasteiger partial charge < -0.3 is 9.47 Å². The third-order valence-electron chi connectivity index (χ3n) is 1.71. The average Bonchev–Trinajstić information content (AvgIpc) is 2.59. The number of hydrogen-bond acceptors (Lipinski definition) is 3. The maximum atomic E-state index is 11.2. The van der Waals surface area contributed by atoms with Crippen LogP contribution >= 0.6 is 15.9 Å². The molecule has 1 heterocycles. The van der Waals surface area contributed by atoms with E-state index in [-0.39, 0.29) is 11.1 Å². The highest BCUT2D eigenvalue weighted by Crippen LogP contribution is 2.34. The fourth-order valence-corrected chi connectivity index (χ4v) is 1.36. The van der Waals surface area contributed by atoms with Crippen LogP contribution in [0.4, 0.5) is 0 Å². The van der Waals surface area contributed by atoms with Crippen molar-refractivity contribution in [2.45, 2.75) is 6.29 Å². The van der Waals surface area contributed by atoms with E-state index in [2.05, 4.69) is 15.9 Å². The van der Waals surface area contributed by atoms with Crippen LogP contribution in [-0.4, -0.2) is 17.4 Å². The van der Waals surface area contributed by atoms with Gasteiger partial charge >= 0.3 is 6.29 Å². The smallest absolute Gasteiger partial charge is 0.301 e. The van der Waals surface area contributed by atoms with Crippen LogP contribution in [0.2, 0.25) is 0 Å². The number of hydrogen-bond donors (Lipinski definition) is 0. The molecule has 0 N–H and O–H groups in total. The van der Waals surface area contributed by atoms with Crippen LogP contribution < -0.4 is 9.47 Å². The van der Waals surface area contributed by atoms with Crippen molar-refractivity contribution in [2.24, 2.45) is 0 Å². The molecule has 0 atom stereocenters. The van der Waals surface area contributed by atoms with Gasteiger partial charge in [-0.25, -0.2) is 0 Å². The summed E-state index contributed by atoms with van der Waals surface area (Å²) in [4.78, 5) is 11.2. The van der Waals surface area contributed by atoms with Crippen LogP contribution in [0, 0.1) is 0 Å². The number of halogens is 1. The summed E-state index contributed by atoms with van der Waals surface area (Å²) in [6.45, 7) is 0. The molecule has 0 aromatic heterocycles. The molecule has 1 aliphatic rings. The summed E-state index contributed by atoms with van der Waals surface area (Å²) in [6, 6.07) is 7.22. The molecule has 1 aromatic rings. The first-order valence-corrected chi connectivity index (χ1v) is 4.94. The second kappa shape index (κ2) is 3.38.